The molecule has 0 bridgehead atoms. The molecule has 2 aromatic rings. The van der Waals surface area contributed by atoms with E-state index in [-0.39, 0.29) is 19.0 Å². The van der Waals surface area contributed by atoms with Crippen molar-refractivity contribution in [3.8, 4) is 5.75 Å². The maximum absolute atomic E-state index is 12.3. The smallest absolute Gasteiger partial charge is 0.313 e. The van der Waals surface area contributed by atoms with E-state index in [4.69, 9.17) is 9.47 Å². The number of hydrogen-bond acceptors (Lipinski definition) is 9. The van der Waals surface area contributed by atoms with Gasteiger partial charge in [0, 0.05) is 0 Å². The predicted molar refractivity (Wildman–Crippen MR) is 109 cm³/mol. The van der Waals surface area contributed by atoms with Gasteiger partial charge in [0.1, 0.15) is 18.5 Å². The van der Waals surface area contributed by atoms with E-state index in [1.807, 2.05) is 36.4 Å². The van der Waals surface area contributed by atoms with Gasteiger partial charge in [0.25, 0.3) is 10.2 Å². The topological polar surface area (TPSA) is 140 Å². The average Bonchev–Trinajstić information content (AvgIpc) is 2.75. The summed E-state index contributed by atoms with van der Waals surface area (Å²) in [5.74, 6) is -0.100. The summed E-state index contributed by atoms with van der Waals surface area (Å²) >= 11 is 0. The molecule has 0 radical (unpaired) electrons. The Morgan fingerprint density at radius 3 is 2.42 bits per heavy atom. The summed E-state index contributed by atoms with van der Waals surface area (Å²) in [6.07, 6.45) is -0.0903. The van der Waals surface area contributed by atoms with E-state index in [0.717, 1.165) is 22.1 Å². The number of esters is 1. The maximum atomic E-state index is 12.3. The van der Waals surface area contributed by atoms with E-state index in [1.165, 1.54) is 0 Å². The highest BCUT2D eigenvalue weighted by molar-refractivity contribution is 5.86. The number of carbonyl (C=O) groups excluding carboxylic acids is 1. The van der Waals surface area contributed by atoms with Crippen molar-refractivity contribution in [1.29, 1.82) is 0 Å². The van der Waals surface area contributed by atoms with Crippen LogP contribution >= 0.6 is 0 Å². The molecule has 168 valence electrons. The number of ether oxygens (including phenoxy) is 2. The van der Waals surface area contributed by atoms with Crippen LogP contribution in [-0.2, 0) is 19.2 Å². The summed E-state index contributed by atoms with van der Waals surface area (Å²) in [6.45, 7) is 1.33. The number of rotatable bonds is 13. The lowest BCUT2D eigenvalue weighted by Crippen LogP contribution is -2.24. The first-order valence-electron chi connectivity index (χ1n) is 9.63. The summed E-state index contributed by atoms with van der Waals surface area (Å²) in [5.41, 5.74) is 0.819. The first-order chi connectivity index (χ1) is 14.8. The van der Waals surface area contributed by atoms with Gasteiger partial charge in [-0.2, -0.15) is 0 Å². The first-order valence-corrected chi connectivity index (χ1v) is 9.63. The lowest BCUT2D eigenvalue weighted by atomic mass is 9.98. The Balaban J connectivity index is 1.80. The quantitative estimate of drug-likeness (QED) is 0.200. The fourth-order valence-corrected chi connectivity index (χ4v) is 2.98. The van der Waals surface area contributed by atoms with Gasteiger partial charge >= 0.3 is 5.97 Å². The number of hydrogen-bond donors (Lipinski definition) is 0. The van der Waals surface area contributed by atoms with E-state index < -0.39 is 28.8 Å². The maximum Gasteiger partial charge on any atom is 0.313 e. The molecular formula is C20H24N2O9. The van der Waals surface area contributed by atoms with Crippen molar-refractivity contribution in [1.82, 2.24) is 0 Å². The molecule has 0 N–H and O–H groups in total. The van der Waals surface area contributed by atoms with Crippen LogP contribution in [0.4, 0.5) is 0 Å². The van der Waals surface area contributed by atoms with Crippen molar-refractivity contribution < 1.29 is 34.1 Å². The predicted octanol–water partition coefficient (Wildman–Crippen LogP) is 3.45. The third-order valence-corrected chi connectivity index (χ3v) is 4.69. The molecule has 0 saturated carbocycles. The summed E-state index contributed by atoms with van der Waals surface area (Å²) in [5, 5.41) is 20.6. The van der Waals surface area contributed by atoms with Gasteiger partial charge in [0.2, 0.25) is 0 Å². The Kier molecular flexibility index (Phi) is 8.79. The molecule has 0 spiro atoms. The Labute approximate surface area is 178 Å². The Hall–Kier alpha value is -3.63. The van der Waals surface area contributed by atoms with Crippen LogP contribution in [0.5, 0.6) is 5.75 Å². The second kappa shape index (κ2) is 11.5. The van der Waals surface area contributed by atoms with Crippen molar-refractivity contribution in [2.24, 2.45) is 0 Å². The van der Waals surface area contributed by atoms with Crippen LogP contribution in [0.3, 0.4) is 0 Å². The molecule has 0 fully saturated rings. The van der Waals surface area contributed by atoms with Crippen molar-refractivity contribution in [2.45, 2.75) is 38.2 Å². The fraction of sp³-hybridized carbons (Fsp3) is 0.450. The molecule has 11 heteroatoms. The van der Waals surface area contributed by atoms with Crippen LogP contribution in [0, 0.1) is 20.2 Å². The molecule has 0 aliphatic heterocycles. The number of fused-ring (bicyclic) bond motifs is 1. The highest BCUT2D eigenvalue weighted by atomic mass is 17.0. The van der Waals surface area contributed by atoms with Crippen molar-refractivity contribution in [2.75, 3.05) is 20.3 Å². The van der Waals surface area contributed by atoms with Crippen LogP contribution in [0.2, 0.25) is 0 Å². The lowest BCUT2D eigenvalue weighted by molar-refractivity contribution is -0.790. The minimum Gasteiger partial charge on any atom is -0.497 e. The molecular weight excluding hydrogens is 412 g/mol. The molecule has 2 aromatic carbocycles. The van der Waals surface area contributed by atoms with E-state index in [1.54, 1.807) is 14.0 Å². The molecule has 0 aliphatic carbocycles. The van der Waals surface area contributed by atoms with Crippen molar-refractivity contribution >= 4 is 16.7 Å². The Morgan fingerprint density at radius 1 is 1.03 bits per heavy atom. The van der Waals surface area contributed by atoms with Crippen LogP contribution in [0.25, 0.3) is 10.8 Å². The van der Waals surface area contributed by atoms with Gasteiger partial charge in [-0.25, -0.2) is 0 Å². The summed E-state index contributed by atoms with van der Waals surface area (Å²) in [6, 6.07) is 11.4. The van der Waals surface area contributed by atoms with Crippen LogP contribution < -0.4 is 4.74 Å². The van der Waals surface area contributed by atoms with Crippen molar-refractivity contribution in [3.63, 3.8) is 0 Å². The minimum atomic E-state index is -1.06. The summed E-state index contributed by atoms with van der Waals surface area (Å²) < 4.78 is 10.5. The molecule has 2 unspecified atom stereocenters. The third kappa shape index (κ3) is 7.61. The molecule has 0 aromatic heterocycles. The van der Waals surface area contributed by atoms with Gasteiger partial charge in [-0.1, -0.05) is 24.3 Å². The largest absolute Gasteiger partial charge is 0.497 e. The molecule has 2 rings (SSSR count). The van der Waals surface area contributed by atoms with Gasteiger partial charge in [0.05, 0.1) is 19.6 Å². The zero-order valence-corrected chi connectivity index (χ0v) is 17.2. The van der Waals surface area contributed by atoms with E-state index in [0.29, 0.717) is 12.8 Å². The zero-order chi connectivity index (χ0) is 22.8. The lowest BCUT2D eigenvalue weighted by Gasteiger charge is -2.15. The highest BCUT2D eigenvalue weighted by Gasteiger charge is 2.18. The van der Waals surface area contributed by atoms with Crippen molar-refractivity contribution in [3.05, 3.63) is 62.2 Å². The zero-order valence-electron chi connectivity index (χ0n) is 17.2. The second-order valence-corrected chi connectivity index (χ2v) is 6.83. The molecule has 31 heavy (non-hydrogen) atoms. The van der Waals surface area contributed by atoms with Crippen LogP contribution in [0.1, 0.15) is 37.7 Å². The molecule has 0 aliphatic rings. The normalized spacial score (nSPS) is 12.6. The number of carbonyl (C=O) groups is 1. The molecule has 11 nitrogen and oxygen atoms in total. The van der Waals surface area contributed by atoms with E-state index >= 15 is 0 Å². The number of benzene rings is 2. The number of nitrogens with zero attached hydrogens (tertiary/aromatic N) is 2. The molecule has 0 amide bonds. The Bertz CT molecular complexity index is 919. The van der Waals surface area contributed by atoms with Gasteiger partial charge in [-0.3, -0.25) is 4.79 Å². The first kappa shape index (κ1) is 23.6. The third-order valence-electron chi connectivity index (χ3n) is 4.69. The van der Waals surface area contributed by atoms with Gasteiger partial charge in [-0.05, 0) is 54.7 Å². The monoisotopic (exact) mass is 436 g/mol. The highest BCUT2D eigenvalue weighted by Crippen LogP contribution is 2.25. The minimum absolute atomic E-state index is 0.120. The standard InChI is InChI=1S/C20H24N2O9/c1-14(15-6-7-17-12-18(28-2)9-8-16(17)11-15)20(23)29-10-4-3-5-19(31-22(26)27)13-30-21(24)25/h6-9,11-12,14,19H,3-5,10,13H2,1-2H3. The van der Waals surface area contributed by atoms with Gasteiger partial charge in [-0.15, -0.1) is 20.2 Å². The number of unbranched alkanes of at least 4 members (excludes halogenated alkanes) is 1. The summed E-state index contributed by atoms with van der Waals surface area (Å²) in [4.78, 5) is 41.5. The molecule has 2 atom stereocenters. The van der Waals surface area contributed by atoms with Gasteiger partial charge < -0.3 is 19.1 Å². The fourth-order valence-electron chi connectivity index (χ4n) is 2.98. The Morgan fingerprint density at radius 2 is 1.74 bits per heavy atom. The number of methoxy groups -OCH3 is 1. The van der Waals surface area contributed by atoms with E-state index in [2.05, 4.69) is 9.68 Å². The van der Waals surface area contributed by atoms with Crippen LogP contribution in [0.15, 0.2) is 36.4 Å². The average molecular weight is 436 g/mol. The van der Waals surface area contributed by atoms with Gasteiger partial charge in [0.15, 0.2) is 0 Å². The van der Waals surface area contributed by atoms with Crippen LogP contribution in [-0.4, -0.2) is 42.6 Å². The van der Waals surface area contributed by atoms with E-state index in [9.17, 15) is 25.0 Å². The summed E-state index contributed by atoms with van der Waals surface area (Å²) in [7, 11) is 1.60. The second-order valence-electron chi connectivity index (χ2n) is 6.83. The molecule has 0 saturated heterocycles. The SMILES string of the molecule is COc1ccc2cc(C(C)C(=O)OCCCCC(CO[N+](=O)[O-])O[N+](=O)[O-])ccc2c1. The molecule has 0 heterocycles.